The summed E-state index contributed by atoms with van der Waals surface area (Å²) in [5.74, 6) is -0.0507. The molecule has 0 saturated carbocycles. The summed E-state index contributed by atoms with van der Waals surface area (Å²) in [6.45, 7) is 4.10. The van der Waals surface area contributed by atoms with E-state index in [9.17, 15) is 9.59 Å². The van der Waals surface area contributed by atoms with E-state index < -0.39 is 11.4 Å². The van der Waals surface area contributed by atoms with Gasteiger partial charge in [-0.3, -0.25) is 4.79 Å². The molecule has 2 N–H and O–H groups in total. The van der Waals surface area contributed by atoms with Gasteiger partial charge in [-0.1, -0.05) is 5.16 Å². The van der Waals surface area contributed by atoms with Crippen LogP contribution in [0.25, 0.3) is 0 Å². The minimum atomic E-state index is -0.879. The number of rotatable bonds is 3. The van der Waals surface area contributed by atoms with E-state index in [-0.39, 0.29) is 19.1 Å². The number of urea groups is 1. The Balaban J connectivity index is 1.86. The number of likely N-dealkylation sites (tertiary alicyclic amines) is 1. The van der Waals surface area contributed by atoms with Gasteiger partial charge in [-0.05, 0) is 20.3 Å². The largest absolute Gasteiger partial charge is 0.481 e. The lowest BCUT2D eigenvalue weighted by Crippen LogP contribution is -2.40. The number of nitrogens with one attached hydrogen (secondary N) is 1. The van der Waals surface area contributed by atoms with Crippen molar-refractivity contribution in [2.75, 3.05) is 13.1 Å². The first kappa shape index (κ1) is 13.3. The second-order valence-electron chi connectivity index (χ2n) is 4.93. The average Bonchev–Trinajstić information content (AvgIpc) is 2.94. The van der Waals surface area contributed by atoms with Crippen LogP contribution in [0.15, 0.2) is 4.52 Å². The fourth-order valence-corrected chi connectivity index (χ4v) is 1.98. The van der Waals surface area contributed by atoms with E-state index in [4.69, 9.17) is 9.63 Å². The van der Waals surface area contributed by atoms with Gasteiger partial charge < -0.3 is 19.8 Å². The van der Waals surface area contributed by atoms with Crippen LogP contribution in [0.5, 0.6) is 0 Å². The van der Waals surface area contributed by atoms with Gasteiger partial charge >= 0.3 is 12.0 Å². The van der Waals surface area contributed by atoms with E-state index in [0.29, 0.717) is 24.7 Å². The molecular formula is C11H16N4O4. The van der Waals surface area contributed by atoms with Gasteiger partial charge in [0.1, 0.15) is 0 Å². The molecule has 1 atom stereocenters. The molecule has 1 unspecified atom stereocenters. The van der Waals surface area contributed by atoms with Crippen molar-refractivity contribution in [3.8, 4) is 0 Å². The Labute approximate surface area is 109 Å². The molecule has 0 aromatic carbocycles. The van der Waals surface area contributed by atoms with E-state index in [0.717, 1.165) is 0 Å². The van der Waals surface area contributed by atoms with Crippen molar-refractivity contribution in [1.82, 2.24) is 20.4 Å². The second-order valence-corrected chi connectivity index (χ2v) is 4.93. The number of aryl methyl sites for hydroxylation is 1. The zero-order valence-electron chi connectivity index (χ0n) is 10.8. The number of hydrogen-bond donors (Lipinski definition) is 2. The van der Waals surface area contributed by atoms with Crippen LogP contribution in [-0.4, -0.2) is 45.2 Å². The minimum Gasteiger partial charge on any atom is -0.481 e. The zero-order valence-corrected chi connectivity index (χ0v) is 10.8. The fraction of sp³-hybridized carbons (Fsp3) is 0.636. The van der Waals surface area contributed by atoms with Crippen molar-refractivity contribution in [2.24, 2.45) is 5.41 Å². The predicted molar refractivity (Wildman–Crippen MR) is 63.2 cm³/mol. The highest BCUT2D eigenvalue weighted by Gasteiger charge is 2.42. The van der Waals surface area contributed by atoms with E-state index >= 15 is 0 Å². The molecule has 0 radical (unpaired) electrons. The quantitative estimate of drug-likeness (QED) is 0.820. The van der Waals surface area contributed by atoms with Crippen molar-refractivity contribution < 1.29 is 19.2 Å². The summed E-state index contributed by atoms with van der Waals surface area (Å²) in [7, 11) is 0. The molecular weight excluding hydrogens is 252 g/mol. The summed E-state index contributed by atoms with van der Waals surface area (Å²) in [5, 5.41) is 15.3. The van der Waals surface area contributed by atoms with E-state index in [1.165, 1.54) is 4.90 Å². The van der Waals surface area contributed by atoms with Crippen LogP contribution in [0.3, 0.4) is 0 Å². The van der Waals surface area contributed by atoms with Crippen molar-refractivity contribution in [3.63, 3.8) is 0 Å². The first-order valence-electron chi connectivity index (χ1n) is 5.96. The lowest BCUT2D eigenvalue weighted by Gasteiger charge is -2.20. The number of aromatic nitrogens is 2. The minimum absolute atomic E-state index is 0.139. The number of carboxylic acids is 1. The van der Waals surface area contributed by atoms with Crippen LogP contribution in [0.1, 0.15) is 25.1 Å². The summed E-state index contributed by atoms with van der Waals surface area (Å²) in [4.78, 5) is 28.4. The molecule has 2 rings (SSSR count). The number of carboxylic acid groups (broad SMARTS) is 1. The van der Waals surface area contributed by atoms with Crippen molar-refractivity contribution in [3.05, 3.63) is 11.7 Å². The summed E-state index contributed by atoms with van der Waals surface area (Å²) in [5.41, 5.74) is -0.863. The van der Waals surface area contributed by atoms with Gasteiger partial charge in [0.15, 0.2) is 5.82 Å². The Bertz CT molecular complexity index is 501. The number of aliphatic carboxylic acids is 1. The predicted octanol–water partition coefficient (Wildman–Crippen LogP) is 0.384. The van der Waals surface area contributed by atoms with Gasteiger partial charge in [-0.15, -0.1) is 0 Å². The van der Waals surface area contributed by atoms with Crippen molar-refractivity contribution in [1.29, 1.82) is 0 Å². The van der Waals surface area contributed by atoms with Crippen molar-refractivity contribution in [2.45, 2.75) is 26.8 Å². The number of carbonyl (C=O) groups is 2. The summed E-state index contributed by atoms with van der Waals surface area (Å²) in [6, 6.07) is -0.319. The summed E-state index contributed by atoms with van der Waals surface area (Å²) in [6.07, 6.45) is 0.454. The molecule has 1 aromatic heterocycles. The lowest BCUT2D eigenvalue weighted by molar-refractivity contribution is -0.147. The summed E-state index contributed by atoms with van der Waals surface area (Å²) >= 11 is 0. The molecule has 8 nitrogen and oxygen atoms in total. The Kier molecular flexibility index (Phi) is 3.41. The van der Waals surface area contributed by atoms with Crippen LogP contribution < -0.4 is 5.32 Å². The topological polar surface area (TPSA) is 109 Å². The maximum atomic E-state index is 11.9. The average molecular weight is 268 g/mol. The van der Waals surface area contributed by atoms with Gasteiger partial charge in [0.05, 0.1) is 12.0 Å². The van der Waals surface area contributed by atoms with E-state index in [2.05, 4.69) is 15.5 Å². The summed E-state index contributed by atoms with van der Waals surface area (Å²) < 4.78 is 4.87. The Hall–Kier alpha value is -2.12. The standard InChI is InChI=1S/C11H16N4O4/c1-7-13-8(19-14-7)5-12-10(18)15-4-3-11(2,6-15)9(16)17/h3-6H2,1-2H3,(H,12,18)(H,16,17). The van der Waals surface area contributed by atoms with Gasteiger partial charge in [-0.2, -0.15) is 4.98 Å². The molecule has 1 aliphatic rings. The van der Waals surface area contributed by atoms with Gasteiger partial charge in [-0.25, -0.2) is 4.79 Å². The number of hydrogen-bond acceptors (Lipinski definition) is 5. The smallest absolute Gasteiger partial charge is 0.317 e. The zero-order chi connectivity index (χ0) is 14.0. The molecule has 0 aliphatic carbocycles. The lowest BCUT2D eigenvalue weighted by atomic mass is 9.90. The third kappa shape index (κ3) is 2.83. The first-order chi connectivity index (χ1) is 8.90. The van der Waals surface area contributed by atoms with Crippen LogP contribution in [0, 0.1) is 12.3 Å². The molecule has 1 aliphatic heterocycles. The van der Waals surface area contributed by atoms with Crippen LogP contribution in [0.4, 0.5) is 4.79 Å². The molecule has 1 fully saturated rings. The highest BCUT2D eigenvalue weighted by atomic mass is 16.5. The van der Waals surface area contributed by atoms with Crippen LogP contribution >= 0.6 is 0 Å². The highest BCUT2D eigenvalue weighted by molar-refractivity contribution is 5.79. The Morgan fingerprint density at radius 1 is 1.58 bits per heavy atom. The number of nitrogens with zero attached hydrogens (tertiary/aromatic N) is 3. The Morgan fingerprint density at radius 3 is 2.84 bits per heavy atom. The van der Waals surface area contributed by atoms with Crippen LogP contribution in [-0.2, 0) is 11.3 Å². The first-order valence-corrected chi connectivity index (χ1v) is 5.96. The number of amides is 2. The van der Waals surface area contributed by atoms with Crippen LogP contribution in [0.2, 0.25) is 0 Å². The molecule has 104 valence electrons. The molecule has 19 heavy (non-hydrogen) atoms. The van der Waals surface area contributed by atoms with Crippen molar-refractivity contribution >= 4 is 12.0 Å². The van der Waals surface area contributed by atoms with E-state index in [1.807, 2.05) is 0 Å². The molecule has 2 heterocycles. The second kappa shape index (κ2) is 4.87. The van der Waals surface area contributed by atoms with Gasteiger partial charge in [0, 0.05) is 13.1 Å². The molecule has 8 heteroatoms. The number of carbonyl (C=O) groups excluding carboxylic acids is 1. The molecule has 1 aromatic rings. The molecule has 1 saturated heterocycles. The highest BCUT2D eigenvalue weighted by Crippen LogP contribution is 2.29. The maximum absolute atomic E-state index is 11.9. The Morgan fingerprint density at radius 2 is 2.32 bits per heavy atom. The third-order valence-corrected chi connectivity index (χ3v) is 3.24. The maximum Gasteiger partial charge on any atom is 0.317 e. The van der Waals surface area contributed by atoms with E-state index in [1.54, 1.807) is 13.8 Å². The molecule has 0 spiro atoms. The fourth-order valence-electron chi connectivity index (χ4n) is 1.98. The molecule has 2 amide bonds. The van der Waals surface area contributed by atoms with Gasteiger partial charge in [0.2, 0.25) is 5.89 Å². The third-order valence-electron chi connectivity index (χ3n) is 3.24. The SMILES string of the molecule is Cc1noc(CNC(=O)N2CCC(C)(C(=O)O)C2)n1. The normalized spacial score (nSPS) is 22.5. The van der Waals surface area contributed by atoms with Gasteiger partial charge in [0.25, 0.3) is 0 Å². The molecule has 0 bridgehead atoms. The monoisotopic (exact) mass is 268 g/mol.